The normalized spacial score (nSPS) is 21.3. The Morgan fingerprint density at radius 3 is 2.63 bits per heavy atom. The molecule has 27 heavy (non-hydrogen) atoms. The Labute approximate surface area is 157 Å². The van der Waals surface area contributed by atoms with Crippen LogP contribution >= 0.6 is 0 Å². The van der Waals surface area contributed by atoms with Crippen molar-refractivity contribution in [3.8, 4) is 0 Å². The summed E-state index contributed by atoms with van der Waals surface area (Å²) in [4.78, 5) is 23.4. The van der Waals surface area contributed by atoms with E-state index in [2.05, 4.69) is 11.9 Å². The van der Waals surface area contributed by atoms with Crippen LogP contribution in [0.5, 0.6) is 0 Å². The highest BCUT2D eigenvalue weighted by Crippen LogP contribution is 2.38. The Balaban J connectivity index is 0.00000182. The number of carbonyl (C=O) groups excluding carboxylic acids is 1. The van der Waals surface area contributed by atoms with E-state index in [1.807, 2.05) is 18.7 Å². The minimum Gasteiger partial charge on any atom is -0.466 e. The number of aliphatic imine (C=N–C) groups is 1. The summed E-state index contributed by atoms with van der Waals surface area (Å²) in [6.45, 7) is 8.61. The van der Waals surface area contributed by atoms with Gasteiger partial charge in [0, 0.05) is 18.4 Å². The van der Waals surface area contributed by atoms with Crippen LogP contribution in [-0.2, 0) is 9.53 Å². The van der Waals surface area contributed by atoms with Crippen molar-refractivity contribution < 1.29 is 24.1 Å². The summed E-state index contributed by atoms with van der Waals surface area (Å²) < 4.78 is 19.6. The van der Waals surface area contributed by atoms with Crippen LogP contribution in [0.1, 0.15) is 38.4 Å². The molecule has 1 aromatic heterocycles. The number of pyridine rings is 1. The molecule has 3 rings (SSSR count). The molecule has 0 aromatic carbocycles. The second-order valence-electron chi connectivity index (χ2n) is 7.26. The molecule has 1 saturated heterocycles. The van der Waals surface area contributed by atoms with Crippen molar-refractivity contribution in [2.45, 2.75) is 40.2 Å². The average molecular weight is 383 g/mol. The van der Waals surface area contributed by atoms with Crippen LogP contribution in [0.2, 0.25) is 0 Å². The van der Waals surface area contributed by atoms with Crippen molar-refractivity contribution in [3.63, 3.8) is 0 Å². The van der Waals surface area contributed by atoms with Gasteiger partial charge in [-0.15, -0.1) is 0 Å². The molecule has 0 amide bonds. The molecule has 6 nitrogen and oxygen atoms in total. The van der Waals surface area contributed by atoms with Crippen molar-refractivity contribution in [1.29, 1.82) is 0 Å². The van der Waals surface area contributed by atoms with E-state index in [0.717, 1.165) is 17.7 Å². The number of aromatic nitrogens is 1. The van der Waals surface area contributed by atoms with Crippen molar-refractivity contribution in [3.05, 3.63) is 40.6 Å². The molecular formula is C19H27F2N3O3. The molecule has 2 aliphatic heterocycles. The van der Waals surface area contributed by atoms with Crippen LogP contribution in [0.25, 0.3) is 0 Å². The predicted octanol–water partition coefficient (Wildman–Crippen LogP) is 2.41. The molecule has 0 radical (unpaired) electrons. The van der Waals surface area contributed by atoms with Gasteiger partial charge in [0.1, 0.15) is 5.69 Å². The number of halogens is 2. The zero-order valence-electron chi connectivity index (χ0n) is 16.2. The maximum atomic E-state index is 14.6. The van der Waals surface area contributed by atoms with E-state index in [-0.39, 0.29) is 39.6 Å². The fraction of sp³-hybridized carbons (Fsp3) is 0.526. The number of carbonyl (C=O) groups is 1. The number of hydrogen-bond acceptors (Lipinski definition) is 5. The second kappa shape index (κ2) is 8.56. The third-order valence-electron chi connectivity index (χ3n) is 4.71. The largest absolute Gasteiger partial charge is 0.466 e. The summed E-state index contributed by atoms with van der Waals surface area (Å²) in [5.74, 6) is 0.209. The molecule has 1 aromatic rings. The van der Waals surface area contributed by atoms with Gasteiger partial charge in [0.15, 0.2) is 11.7 Å². The Hall–Kier alpha value is -2.35. The number of fused-ring (bicyclic) bond motifs is 1. The minimum atomic E-state index is -0.387. The van der Waals surface area contributed by atoms with Gasteiger partial charge in [-0.2, -0.15) is 0 Å². The summed E-state index contributed by atoms with van der Waals surface area (Å²) in [5.41, 5.74) is 2.49. The predicted molar refractivity (Wildman–Crippen MR) is 99.7 cm³/mol. The smallest absolute Gasteiger partial charge is 0.337 e. The zero-order chi connectivity index (χ0) is 18.3. The Bertz CT molecular complexity index is 777. The highest BCUT2D eigenvalue weighted by molar-refractivity contribution is 6.03. The number of esters is 1. The van der Waals surface area contributed by atoms with E-state index in [9.17, 15) is 9.18 Å². The molecule has 1 fully saturated rings. The fourth-order valence-electron chi connectivity index (χ4n) is 3.55. The molecule has 0 unspecified atom stereocenters. The first kappa shape index (κ1) is 22.7. The standard InChI is InChI=1S/C19H24FN3O2.FH.H2O/c1-10(2)16-15(19(24)25-5)14-7-12(4)9-23(14)18(22-16)17-13(20)6-11(3)8-21-17;;/h6,8,10,12,16H,7,9H2,1-5H3;1H;1H2/t12-,16-;;/m0../s1. The van der Waals surface area contributed by atoms with Gasteiger partial charge in [-0.25, -0.2) is 14.2 Å². The number of aryl methyl sites for hydroxylation is 1. The highest BCUT2D eigenvalue weighted by Gasteiger charge is 2.41. The summed E-state index contributed by atoms with van der Waals surface area (Å²) in [6.07, 6.45) is 2.39. The molecular weight excluding hydrogens is 356 g/mol. The molecule has 0 saturated carbocycles. The SMILES string of the molecule is COC(=O)C1=C2C[C@H](C)CN2C(c2ncc(C)cc2F)=N[C@H]1C(C)C.F.O. The van der Waals surface area contributed by atoms with Crippen molar-refractivity contribution in [2.24, 2.45) is 16.8 Å². The molecule has 8 heteroatoms. The summed E-state index contributed by atoms with van der Waals surface area (Å²) in [7, 11) is 1.39. The van der Waals surface area contributed by atoms with Gasteiger partial charge in [-0.1, -0.05) is 20.8 Å². The molecule has 2 atom stereocenters. The van der Waals surface area contributed by atoms with Gasteiger partial charge in [-0.05, 0) is 36.8 Å². The monoisotopic (exact) mass is 383 g/mol. The van der Waals surface area contributed by atoms with Gasteiger partial charge >= 0.3 is 5.97 Å². The summed E-state index contributed by atoms with van der Waals surface area (Å²) in [6, 6.07) is 1.11. The Morgan fingerprint density at radius 2 is 2.07 bits per heavy atom. The van der Waals surface area contributed by atoms with Crippen LogP contribution < -0.4 is 0 Å². The molecule has 2 N–H and O–H groups in total. The molecule has 150 valence electrons. The maximum Gasteiger partial charge on any atom is 0.337 e. The number of rotatable bonds is 3. The lowest BCUT2D eigenvalue weighted by Gasteiger charge is -2.33. The van der Waals surface area contributed by atoms with Gasteiger partial charge < -0.3 is 15.1 Å². The number of allylic oxidation sites excluding steroid dienone is 1. The molecule has 0 bridgehead atoms. The van der Waals surface area contributed by atoms with E-state index < -0.39 is 0 Å². The Kier molecular flexibility index (Phi) is 7.19. The van der Waals surface area contributed by atoms with Crippen molar-refractivity contribution in [2.75, 3.05) is 13.7 Å². The third-order valence-corrected chi connectivity index (χ3v) is 4.71. The topological polar surface area (TPSA) is 86.3 Å². The molecule has 3 heterocycles. The van der Waals surface area contributed by atoms with Crippen LogP contribution in [0.15, 0.2) is 28.5 Å². The maximum absolute atomic E-state index is 14.6. The molecule has 0 spiro atoms. The quantitative estimate of drug-likeness (QED) is 0.750. The van der Waals surface area contributed by atoms with E-state index in [1.165, 1.54) is 13.2 Å². The highest BCUT2D eigenvalue weighted by atomic mass is 19.1. The van der Waals surface area contributed by atoms with Crippen LogP contribution in [0.3, 0.4) is 0 Å². The van der Waals surface area contributed by atoms with Gasteiger partial charge in [0.2, 0.25) is 0 Å². The lowest BCUT2D eigenvalue weighted by Crippen LogP contribution is -2.40. The van der Waals surface area contributed by atoms with Crippen LogP contribution in [0.4, 0.5) is 9.09 Å². The van der Waals surface area contributed by atoms with Gasteiger partial charge in [0.25, 0.3) is 0 Å². The lowest BCUT2D eigenvalue weighted by atomic mass is 9.91. The first-order chi connectivity index (χ1) is 11.8. The lowest BCUT2D eigenvalue weighted by molar-refractivity contribution is -0.136. The number of amidine groups is 1. The summed E-state index contributed by atoms with van der Waals surface area (Å²) in [5, 5.41) is 0. The number of hydrogen-bond donors (Lipinski definition) is 0. The third kappa shape index (κ3) is 4.00. The van der Waals surface area contributed by atoms with Gasteiger partial charge in [-0.3, -0.25) is 9.70 Å². The fourth-order valence-corrected chi connectivity index (χ4v) is 3.55. The number of methoxy groups -OCH3 is 1. The van der Waals surface area contributed by atoms with Crippen LogP contribution in [-0.4, -0.2) is 46.9 Å². The minimum absolute atomic E-state index is 0. The molecule has 0 aliphatic carbocycles. The van der Waals surface area contributed by atoms with E-state index >= 15 is 0 Å². The van der Waals surface area contributed by atoms with Gasteiger partial charge in [0.05, 0.1) is 18.7 Å². The summed E-state index contributed by atoms with van der Waals surface area (Å²) >= 11 is 0. The first-order valence-electron chi connectivity index (χ1n) is 8.62. The number of ether oxygens (including phenoxy) is 1. The number of nitrogens with zero attached hydrogens (tertiary/aromatic N) is 3. The Morgan fingerprint density at radius 1 is 1.41 bits per heavy atom. The zero-order valence-corrected chi connectivity index (χ0v) is 16.2. The van der Waals surface area contributed by atoms with Crippen molar-refractivity contribution >= 4 is 11.8 Å². The van der Waals surface area contributed by atoms with E-state index in [0.29, 0.717) is 23.9 Å². The first-order valence-corrected chi connectivity index (χ1v) is 8.62. The van der Waals surface area contributed by atoms with Crippen molar-refractivity contribution in [1.82, 2.24) is 9.88 Å². The van der Waals surface area contributed by atoms with E-state index in [4.69, 9.17) is 9.73 Å². The van der Waals surface area contributed by atoms with E-state index in [1.54, 1.807) is 13.1 Å². The average Bonchev–Trinajstić information content (AvgIpc) is 2.94. The molecule has 2 aliphatic rings. The van der Waals surface area contributed by atoms with Crippen LogP contribution in [0, 0.1) is 24.6 Å². The second-order valence-corrected chi connectivity index (χ2v) is 7.26.